The normalized spacial score (nSPS) is 21.5. The zero-order valence-corrected chi connectivity index (χ0v) is 13.3. The van der Waals surface area contributed by atoms with E-state index in [2.05, 4.69) is 5.32 Å². The van der Waals surface area contributed by atoms with E-state index < -0.39 is 35.9 Å². The molecule has 132 valence electrons. The standard InChI is InChI=1S/C16H18F4N2O2/c1-9-3-4-11(17)7-13(9)15(24)21-12-5-6-14(16(18,19)20)22(8-12)10(2)23/h3-4,7,12,14H,5-6,8H2,1-2H3,(H,21,24). The number of halogens is 4. The Morgan fingerprint density at radius 3 is 2.50 bits per heavy atom. The third-order valence-corrected chi connectivity index (χ3v) is 4.14. The number of carbonyl (C=O) groups is 2. The van der Waals surface area contributed by atoms with Gasteiger partial charge in [0.05, 0.1) is 0 Å². The molecule has 2 amide bonds. The van der Waals surface area contributed by atoms with Gasteiger partial charge in [0.15, 0.2) is 0 Å². The molecule has 2 rings (SSSR count). The van der Waals surface area contributed by atoms with Crippen LogP contribution in [0.2, 0.25) is 0 Å². The van der Waals surface area contributed by atoms with Crippen LogP contribution in [0.3, 0.4) is 0 Å². The average Bonchev–Trinajstić information content (AvgIpc) is 2.48. The number of aryl methyl sites for hydroxylation is 1. The Balaban J connectivity index is 2.10. The van der Waals surface area contributed by atoms with E-state index in [0.717, 1.165) is 17.9 Å². The van der Waals surface area contributed by atoms with Crippen LogP contribution in [0.5, 0.6) is 0 Å². The van der Waals surface area contributed by atoms with Gasteiger partial charge in [-0.1, -0.05) is 6.07 Å². The second-order valence-electron chi connectivity index (χ2n) is 5.94. The van der Waals surface area contributed by atoms with Gasteiger partial charge in [-0.2, -0.15) is 13.2 Å². The summed E-state index contributed by atoms with van der Waals surface area (Å²) < 4.78 is 52.2. The van der Waals surface area contributed by atoms with E-state index in [-0.39, 0.29) is 24.9 Å². The smallest absolute Gasteiger partial charge is 0.348 e. The Hall–Kier alpha value is -2.12. The Kier molecular flexibility index (Phi) is 5.15. The zero-order valence-electron chi connectivity index (χ0n) is 13.3. The van der Waals surface area contributed by atoms with Gasteiger partial charge < -0.3 is 10.2 Å². The summed E-state index contributed by atoms with van der Waals surface area (Å²) in [6.07, 6.45) is -4.69. The monoisotopic (exact) mass is 346 g/mol. The van der Waals surface area contributed by atoms with Crippen molar-refractivity contribution in [1.29, 1.82) is 0 Å². The van der Waals surface area contributed by atoms with Crippen LogP contribution in [0.1, 0.15) is 35.7 Å². The molecule has 0 saturated carbocycles. The van der Waals surface area contributed by atoms with Gasteiger partial charge in [-0.05, 0) is 37.5 Å². The van der Waals surface area contributed by atoms with Gasteiger partial charge in [-0.3, -0.25) is 9.59 Å². The Morgan fingerprint density at radius 1 is 1.25 bits per heavy atom. The molecule has 4 nitrogen and oxygen atoms in total. The Bertz CT molecular complexity index is 645. The number of amides is 2. The van der Waals surface area contributed by atoms with Gasteiger partial charge in [0.25, 0.3) is 5.91 Å². The molecule has 0 bridgehead atoms. The lowest BCUT2D eigenvalue weighted by Crippen LogP contribution is -2.57. The summed E-state index contributed by atoms with van der Waals surface area (Å²) in [7, 11) is 0. The minimum Gasteiger partial charge on any atom is -0.348 e. The highest BCUT2D eigenvalue weighted by Crippen LogP contribution is 2.32. The number of hydrogen-bond donors (Lipinski definition) is 1. The summed E-state index contributed by atoms with van der Waals surface area (Å²) in [5.41, 5.74) is 0.684. The van der Waals surface area contributed by atoms with Crippen molar-refractivity contribution in [3.05, 3.63) is 35.1 Å². The molecule has 2 atom stereocenters. The quantitative estimate of drug-likeness (QED) is 0.837. The van der Waals surface area contributed by atoms with Gasteiger partial charge in [-0.15, -0.1) is 0 Å². The van der Waals surface area contributed by atoms with Crippen LogP contribution < -0.4 is 5.32 Å². The second kappa shape index (κ2) is 6.78. The second-order valence-corrected chi connectivity index (χ2v) is 5.94. The molecule has 24 heavy (non-hydrogen) atoms. The molecule has 1 saturated heterocycles. The van der Waals surface area contributed by atoms with Gasteiger partial charge >= 0.3 is 6.18 Å². The molecule has 0 aliphatic carbocycles. The molecule has 1 aliphatic rings. The highest BCUT2D eigenvalue weighted by Gasteiger charge is 2.47. The van der Waals surface area contributed by atoms with Crippen molar-refractivity contribution < 1.29 is 27.2 Å². The molecule has 1 fully saturated rings. The lowest BCUT2D eigenvalue weighted by molar-refractivity contribution is -0.196. The minimum absolute atomic E-state index is 0.0913. The van der Waals surface area contributed by atoms with E-state index in [9.17, 15) is 27.2 Å². The van der Waals surface area contributed by atoms with E-state index in [0.29, 0.717) is 5.56 Å². The number of nitrogens with one attached hydrogen (secondary N) is 1. The first-order chi connectivity index (χ1) is 11.1. The maximum absolute atomic E-state index is 13.3. The summed E-state index contributed by atoms with van der Waals surface area (Å²) >= 11 is 0. The first-order valence-corrected chi connectivity index (χ1v) is 7.50. The van der Waals surface area contributed by atoms with Crippen LogP contribution in [0, 0.1) is 12.7 Å². The molecule has 0 spiro atoms. The maximum Gasteiger partial charge on any atom is 0.408 e. The van der Waals surface area contributed by atoms with E-state index in [1.807, 2.05) is 0 Å². The van der Waals surface area contributed by atoms with Crippen molar-refractivity contribution in [3.63, 3.8) is 0 Å². The van der Waals surface area contributed by atoms with E-state index in [1.54, 1.807) is 6.92 Å². The maximum atomic E-state index is 13.3. The third-order valence-electron chi connectivity index (χ3n) is 4.14. The molecule has 2 unspecified atom stereocenters. The fourth-order valence-corrected chi connectivity index (χ4v) is 2.88. The molecule has 1 aromatic rings. The number of likely N-dealkylation sites (tertiary alicyclic amines) is 1. The van der Waals surface area contributed by atoms with Crippen LogP contribution in [0.15, 0.2) is 18.2 Å². The number of nitrogens with zero attached hydrogens (tertiary/aromatic N) is 1. The van der Waals surface area contributed by atoms with Gasteiger partial charge in [-0.25, -0.2) is 4.39 Å². The van der Waals surface area contributed by atoms with E-state index >= 15 is 0 Å². The molecule has 0 radical (unpaired) electrons. The van der Waals surface area contributed by atoms with Gasteiger partial charge in [0, 0.05) is 25.1 Å². The van der Waals surface area contributed by atoms with Crippen LogP contribution in [-0.2, 0) is 4.79 Å². The predicted molar refractivity (Wildman–Crippen MR) is 78.9 cm³/mol. The van der Waals surface area contributed by atoms with E-state index in [4.69, 9.17) is 0 Å². The number of piperidine rings is 1. The van der Waals surface area contributed by atoms with Gasteiger partial charge in [0.2, 0.25) is 5.91 Å². The van der Waals surface area contributed by atoms with Crippen molar-refractivity contribution >= 4 is 11.8 Å². The number of benzene rings is 1. The van der Waals surface area contributed by atoms with E-state index in [1.165, 1.54) is 12.1 Å². The fraction of sp³-hybridized carbons (Fsp3) is 0.500. The van der Waals surface area contributed by atoms with Crippen molar-refractivity contribution in [2.75, 3.05) is 6.54 Å². The van der Waals surface area contributed by atoms with Crippen LogP contribution in [0.4, 0.5) is 17.6 Å². The topological polar surface area (TPSA) is 49.4 Å². The zero-order chi connectivity index (χ0) is 18.1. The summed E-state index contributed by atoms with van der Waals surface area (Å²) in [5.74, 6) is -1.83. The van der Waals surface area contributed by atoms with Crippen LogP contribution in [-0.4, -0.2) is 41.5 Å². The molecular formula is C16H18F4N2O2. The lowest BCUT2D eigenvalue weighted by atomic mass is 9.97. The predicted octanol–water partition coefficient (Wildman–Crippen LogP) is 2.81. The van der Waals surface area contributed by atoms with Gasteiger partial charge in [0.1, 0.15) is 11.9 Å². The number of rotatable bonds is 2. The Morgan fingerprint density at radius 2 is 1.92 bits per heavy atom. The number of carbonyl (C=O) groups excluding carboxylic acids is 2. The molecule has 1 heterocycles. The van der Waals surface area contributed by atoms with Crippen molar-refractivity contribution in [2.24, 2.45) is 0 Å². The minimum atomic E-state index is -4.50. The van der Waals surface area contributed by atoms with Crippen LogP contribution in [0.25, 0.3) is 0 Å². The van der Waals surface area contributed by atoms with Crippen molar-refractivity contribution in [1.82, 2.24) is 10.2 Å². The largest absolute Gasteiger partial charge is 0.408 e. The number of alkyl halides is 3. The van der Waals surface area contributed by atoms with Crippen molar-refractivity contribution in [3.8, 4) is 0 Å². The summed E-state index contributed by atoms with van der Waals surface area (Å²) in [6, 6.07) is 1.31. The Labute approximate surface area is 136 Å². The summed E-state index contributed by atoms with van der Waals surface area (Å²) in [6.45, 7) is 2.48. The highest BCUT2D eigenvalue weighted by atomic mass is 19.4. The first kappa shape index (κ1) is 18.2. The molecule has 1 aromatic carbocycles. The fourth-order valence-electron chi connectivity index (χ4n) is 2.88. The molecule has 1 N–H and O–H groups in total. The lowest BCUT2D eigenvalue weighted by Gasteiger charge is -2.40. The SMILES string of the molecule is CC(=O)N1CC(NC(=O)c2cc(F)ccc2C)CCC1C(F)(F)F. The summed E-state index contributed by atoms with van der Waals surface area (Å²) in [4.78, 5) is 24.5. The molecule has 0 aromatic heterocycles. The first-order valence-electron chi connectivity index (χ1n) is 7.50. The average molecular weight is 346 g/mol. The third kappa shape index (κ3) is 4.04. The summed E-state index contributed by atoms with van der Waals surface area (Å²) in [5, 5.41) is 2.59. The molecule has 1 aliphatic heterocycles. The number of hydrogen-bond acceptors (Lipinski definition) is 2. The molecule has 8 heteroatoms. The van der Waals surface area contributed by atoms with Crippen LogP contribution >= 0.6 is 0 Å². The molecular weight excluding hydrogens is 328 g/mol. The highest BCUT2D eigenvalue weighted by molar-refractivity contribution is 5.95. The van der Waals surface area contributed by atoms with Crippen molar-refractivity contribution in [2.45, 2.75) is 44.9 Å².